The van der Waals surface area contributed by atoms with Crippen LogP contribution in [-0.2, 0) is 26.2 Å². The number of anilines is 1. The van der Waals surface area contributed by atoms with Crippen LogP contribution in [0.2, 0.25) is 5.02 Å². The molecule has 9 nitrogen and oxygen atoms in total. The molecule has 0 spiro atoms. The van der Waals surface area contributed by atoms with Gasteiger partial charge in [-0.15, -0.1) is 0 Å². The van der Waals surface area contributed by atoms with Crippen LogP contribution in [0.4, 0.5) is 5.69 Å². The largest absolute Gasteiger partial charge is 0.454 e. The van der Waals surface area contributed by atoms with Crippen LogP contribution >= 0.6 is 11.6 Å². The standard InChI is InChI=1S/C26H34ClN3O6S/c1-4-5-14-28-26(32)19(2)29(17-20-9-6-7-10-22(20)27)25(31)11-8-15-30(37(3,33)34)21-12-13-23-24(16-21)36-18-35-23/h6-7,9-10,12-13,16,19H,4-5,8,11,14-15,17-18H2,1-3H3,(H,28,32)/t19-/m1/s1. The molecule has 2 amide bonds. The van der Waals surface area contributed by atoms with Gasteiger partial charge in [-0.2, -0.15) is 0 Å². The first-order chi connectivity index (χ1) is 17.6. The van der Waals surface area contributed by atoms with Gasteiger partial charge in [-0.3, -0.25) is 13.9 Å². The van der Waals surface area contributed by atoms with Crippen molar-refractivity contribution in [3.8, 4) is 11.5 Å². The van der Waals surface area contributed by atoms with Crippen molar-refractivity contribution in [2.75, 3.05) is 30.4 Å². The Morgan fingerprint density at radius 1 is 1.11 bits per heavy atom. The van der Waals surface area contributed by atoms with Crippen LogP contribution in [0.25, 0.3) is 0 Å². The minimum atomic E-state index is -3.62. The Bertz CT molecular complexity index is 1210. The van der Waals surface area contributed by atoms with E-state index in [-0.39, 0.29) is 44.5 Å². The molecule has 0 fully saturated rings. The fourth-order valence-electron chi connectivity index (χ4n) is 3.97. The SMILES string of the molecule is CCCCNC(=O)[C@@H](C)N(Cc1ccccc1Cl)C(=O)CCCN(c1ccc2c(c1)OCO2)S(C)(=O)=O. The minimum Gasteiger partial charge on any atom is -0.454 e. The van der Waals surface area contributed by atoms with Crippen molar-refractivity contribution in [3.05, 3.63) is 53.1 Å². The smallest absolute Gasteiger partial charge is 0.242 e. The van der Waals surface area contributed by atoms with Crippen molar-refractivity contribution >= 4 is 39.1 Å². The molecular weight excluding hydrogens is 518 g/mol. The van der Waals surface area contributed by atoms with Crippen molar-refractivity contribution in [2.24, 2.45) is 0 Å². The van der Waals surface area contributed by atoms with Gasteiger partial charge in [0.15, 0.2) is 11.5 Å². The van der Waals surface area contributed by atoms with Crippen LogP contribution < -0.4 is 19.1 Å². The molecule has 0 aliphatic carbocycles. The van der Waals surface area contributed by atoms with Crippen molar-refractivity contribution < 1.29 is 27.5 Å². The predicted molar refractivity (Wildman–Crippen MR) is 143 cm³/mol. The number of carbonyl (C=O) groups excluding carboxylic acids is 2. The second kappa shape index (κ2) is 13.0. The number of nitrogens with one attached hydrogen (secondary N) is 1. The second-order valence-electron chi connectivity index (χ2n) is 8.91. The van der Waals surface area contributed by atoms with E-state index in [1.807, 2.05) is 19.1 Å². The normalized spacial score (nSPS) is 13.2. The lowest BCUT2D eigenvalue weighted by molar-refractivity contribution is -0.140. The molecule has 1 heterocycles. The number of unbranched alkanes of at least 4 members (excludes halogenated alkanes) is 1. The van der Waals surface area contributed by atoms with Crippen LogP contribution in [0.3, 0.4) is 0 Å². The first-order valence-corrected chi connectivity index (χ1v) is 14.5. The van der Waals surface area contributed by atoms with E-state index < -0.39 is 16.1 Å². The number of ether oxygens (including phenoxy) is 2. The van der Waals surface area contributed by atoms with Gasteiger partial charge < -0.3 is 19.7 Å². The number of sulfonamides is 1. The summed E-state index contributed by atoms with van der Waals surface area (Å²) in [6.45, 7) is 4.59. The van der Waals surface area contributed by atoms with E-state index in [2.05, 4.69) is 5.32 Å². The third kappa shape index (κ3) is 7.75. The van der Waals surface area contributed by atoms with E-state index in [1.54, 1.807) is 37.3 Å². The van der Waals surface area contributed by atoms with Crippen LogP contribution in [0.1, 0.15) is 45.1 Å². The Morgan fingerprint density at radius 2 is 1.84 bits per heavy atom. The molecule has 3 rings (SSSR count). The van der Waals surface area contributed by atoms with Gasteiger partial charge in [0.2, 0.25) is 28.6 Å². The Hall–Kier alpha value is -2.98. The topological polar surface area (TPSA) is 105 Å². The van der Waals surface area contributed by atoms with Crippen molar-refractivity contribution in [1.29, 1.82) is 0 Å². The molecular formula is C26H34ClN3O6S. The fourth-order valence-corrected chi connectivity index (χ4v) is 5.13. The highest BCUT2D eigenvalue weighted by atomic mass is 35.5. The first kappa shape index (κ1) is 28.6. The number of nitrogens with zero attached hydrogens (tertiary/aromatic N) is 2. The number of fused-ring (bicyclic) bond motifs is 1. The third-order valence-corrected chi connectivity index (χ3v) is 7.65. The van der Waals surface area contributed by atoms with E-state index in [0.29, 0.717) is 28.8 Å². The highest BCUT2D eigenvalue weighted by Crippen LogP contribution is 2.36. The monoisotopic (exact) mass is 551 g/mol. The zero-order valence-electron chi connectivity index (χ0n) is 21.4. The van der Waals surface area contributed by atoms with Gasteiger partial charge in [0.25, 0.3) is 0 Å². The Kier molecular flexibility index (Phi) is 10.0. The van der Waals surface area contributed by atoms with Crippen LogP contribution in [0.5, 0.6) is 11.5 Å². The number of hydrogen-bond donors (Lipinski definition) is 1. The minimum absolute atomic E-state index is 0.0492. The molecule has 0 bridgehead atoms. The van der Waals surface area contributed by atoms with Crippen LogP contribution in [0.15, 0.2) is 42.5 Å². The van der Waals surface area contributed by atoms with Gasteiger partial charge in [-0.25, -0.2) is 8.42 Å². The summed E-state index contributed by atoms with van der Waals surface area (Å²) in [5.41, 5.74) is 1.15. The number of carbonyl (C=O) groups is 2. The Morgan fingerprint density at radius 3 is 2.54 bits per heavy atom. The molecule has 0 radical (unpaired) electrons. The average Bonchev–Trinajstić information content (AvgIpc) is 3.33. The molecule has 0 saturated heterocycles. The van der Waals surface area contributed by atoms with E-state index in [0.717, 1.165) is 24.7 Å². The summed E-state index contributed by atoms with van der Waals surface area (Å²) in [6.07, 6.45) is 3.21. The van der Waals surface area contributed by atoms with E-state index >= 15 is 0 Å². The molecule has 2 aromatic rings. The molecule has 0 unspecified atom stereocenters. The van der Waals surface area contributed by atoms with Gasteiger partial charge >= 0.3 is 0 Å². The number of rotatable bonds is 13. The van der Waals surface area contributed by atoms with E-state index in [4.69, 9.17) is 21.1 Å². The fraction of sp³-hybridized carbons (Fsp3) is 0.462. The Balaban J connectivity index is 1.72. The summed E-state index contributed by atoms with van der Waals surface area (Å²) in [4.78, 5) is 27.6. The molecule has 2 aromatic carbocycles. The maximum absolute atomic E-state index is 13.4. The highest BCUT2D eigenvalue weighted by Gasteiger charge is 2.27. The second-order valence-corrected chi connectivity index (χ2v) is 11.2. The lowest BCUT2D eigenvalue weighted by atomic mass is 10.1. The molecule has 1 N–H and O–H groups in total. The number of amides is 2. The number of benzene rings is 2. The van der Waals surface area contributed by atoms with Crippen molar-refractivity contribution in [1.82, 2.24) is 10.2 Å². The quantitative estimate of drug-likeness (QED) is 0.378. The summed E-state index contributed by atoms with van der Waals surface area (Å²) in [7, 11) is -3.62. The van der Waals surface area contributed by atoms with E-state index in [9.17, 15) is 18.0 Å². The number of halogens is 1. The zero-order chi connectivity index (χ0) is 27.0. The third-order valence-electron chi connectivity index (χ3n) is 6.09. The van der Waals surface area contributed by atoms with Gasteiger partial charge in [-0.05, 0) is 43.5 Å². The molecule has 1 aliphatic heterocycles. The predicted octanol–water partition coefficient (Wildman–Crippen LogP) is 3.95. The van der Waals surface area contributed by atoms with E-state index in [1.165, 1.54) is 9.21 Å². The van der Waals surface area contributed by atoms with Crippen LogP contribution in [0, 0.1) is 0 Å². The van der Waals surface area contributed by atoms with Gasteiger partial charge in [0.1, 0.15) is 6.04 Å². The summed E-state index contributed by atoms with van der Waals surface area (Å²) in [6, 6.07) is 11.4. The average molecular weight is 552 g/mol. The summed E-state index contributed by atoms with van der Waals surface area (Å²) in [5.74, 6) is 0.508. The lowest BCUT2D eigenvalue weighted by Crippen LogP contribution is -2.48. The molecule has 0 saturated carbocycles. The Labute approximate surface area is 223 Å². The first-order valence-electron chi connectivity index (χ1n) is 12.3. The van der Waals surface area contributed by atoms with Crippen molar-refractivity contribution in [3.63, 3.8) is 0 Å². The molecule has 0 aromatic heterocycles. The maximum Gasteiger partial charge on any atom is 0.242 e. The summed E-state index contributed by atoms with van der Waals surface area (Å²) >= 11 is 6.33. The number of hydrogen-bond acceptors (Lipinski definition) is 6. The van der Waals surface area contributed by atoms with Gasteiger partial charge in [0.05, 0.1) is 11.9 Å². The maximum atomic E-state index is 13.4. The molecule has 37 heavy (non-hydrogen) atoms. The van der Waals surface area contributed by atoms with Crippen LogP contribution in [-0.4, -0.2) is 57.3 Å². The highest BCUT2D eigenvalue weighted by molar-refractivity contribution is 7.92. The molecule has 1 atom stereocenters. The van der Waals surface area contributed by atoms with Gasteiger partial charge in [0, 0.05) is 37.1 Å². The summed E-state index contributed by atoms with van der Waals surface area (Å²) < 4.78 is 37.0. The molecule has 1 aliphatic rings. The van der Waals surface area contributed by atoms with Gasteiger partial charge in [-0.1, -0.05) is 43.1 Å². The lowest BCUT2D eigenvalue weighted by Gasteiger charge is -2.29. The molecule has 11 heteroatoms. The summed E-state index contributed by atoms with van der Waals surface area (Å²) in [5, 5.41) is 3.38. The molecule has 202 valence electrons. The zero-order valence-corrected chi connectivity index (χ0v) is 23.0. The van der Waals surface area contributed by atoms with Crippen molar-refractivity contribution in [2.45, 2.75) is 52.1 Å².